The van der Waals surface area contributed by atoms with Crippen molar-refractivity contribution in [2.24, 2.45) is 17.8 Å². The van der Waals surface area contributed by atoms with Gasteiger partial charge in [0.25, 0.3) is 0 Å². The van der Waals surface area contributed by atoms with Crippen LogP contribution in [0.3, 0.4) is 0 Å². The lowest BCUT2D eigenvalue weighted by Gasteiger charge is -2.46. The molecule has 53 heavy (non-hydrogen) atoms. The van der Waals surface area contributed by atoms with E-state index in [0.717, 1.165) is 56.9 Å². The molecule has 2 aromatic carbocycles. The van der Waals surface area contributed by atoms with Crippen LogP contribution in [0.15, 0.2) is 60.7 Å². The number of hydrazine groups is 1. The van der Waals surface area contributed by atoms with Gasteiger partial charge in [-0.3, -0.25) is 19.4 Å². The van der Waals surface area contributed by atoms with E-state index in [4.69, 9.17) is 0 Å². The summed E-state index contributed by atoms with van der Waals surface area (Å²) in [5, 5.41) is 32.3. The predicted octanol–water partition coefficient (Wildman–Crippen LogP) is 6.60. The molecule has 294 valence electrons. The van der Waals surface area contributed by atoms with Gasteiger partial charge in [-0.2, -0.15) is 0 Å². The Bertz CT molecular complexity index is 1380. The van der Waals surface area contributed by atoms with Crippen molar-refractivity contribution >= 4 is 17.7 Å². The fourth-order valence-electron chi connectivity index (χ4n) is 8.61. The van der Waals surface area contributed by atoms with Gasteiger partial charge in [0.1, 0.15) is 12.1 Å². The first-order valence-corrected chi connectivity index (χ1v) is 20.6. The lowest BCUT2D eigenvalue weighted by Crippen LogP contribution is -2.57. The number of carbonyl (C=O) groups is 3. The van der Waals surface area contributed by atoms with Crippen LogP contribution < -0.4 is 10.6 Å². The monoisotopic (exact) mass is 733 g/mol. The highest BCUT2D eigenvalue weighted by Crippen LogP contribution is 2.30. The maximum absolute atomic E-state index is 14.2. The minimum atomic E-state index is -1.11. The second-order valence-corrected chi connectivity index (χ2v) is 16.4. The fourth-order valence-corrected chi connectivity index (χ4v) is 8.61. The first-order chi connectivity index (χ1) is 25.5. The quantitative estimate of drug-likeness (QED) is 0.129. The molecule has 4 N–H and O–H groups in total. The van der Waals surface area contributed by atoms with Crippen molar-refractivity contribution in [3.63, 3.8) is 0 Å². The highest BCUT2D eigenvalue weighted by atomic mass is 16.3. The van der Waals surface area contributed by atoms with Crippen molar-refractivity contribution in [1.82, 2.24) is 20.7 Å². The van der Waals surface area contributed by atoms with Gasteiger partial charge >= 0.3 is 0 Å². The van der Waals surface area contributed by atoms with Crippen LogP contribution in [0.1, 0.15) is 122 Å². The summed E-state index contributed by atoms with van der Waals surface area (Å²) < 4.78 is 0. The van der Waals surface area contributed by atoms with E-state index in [-0.39, 0.29) is 42.1 Å². The van der Waals surface area contributed by atoms with Gasteiger partial charge in [0.05, 0.1) is 18.1 Å². The van der Waals surface area contributed by atoms with Gasteiger partial charge in [-0.15, -0.1) is 0 Å². The molecule has 9 heteroatoms. The lowest BCUT2D eigenvalue weighted by molar-refractivity contribution is -0.161. The molecule has 9 nitrogen and oxygen atoms in total. The van der Waals surface area contributed by atoms with Crippen molar-refractivity contribution < 1.29 is 24.6 Å². The fraction of sp³-hybridized carbons (Fsp3) is 0.659. The van der Waals surface area contributed by atoms with Crippen LogP contribution in [0.2, 0.25) is 0 Å². The number of nitrogens with zero attached hydrogens (tertiary/aromatic N) is 2. The summed E-state index contributed by atoms with van der Waals surface area (Å²) >= 11 is 0. The molecule has 0 aromatic heterocycles. The molecule has 1 saturated carbocycles. The van der Waals surface area contributed by atoms with E-state index in [1.54, 1.807) is 5.01 Å². The number of piperidine rings is 1. The van der Waals surface area contributed by atoms with Crippen LogP contribution in [0.4, 0.5) is 0 Å². The van der Waals surface area contributed by atoms with Gasteiger partial charge in [-0.05, 0) is 74.8 Å². The molecule has 4 rings (SSSR count). The zero-order valence-electron chi connectivity index (χ0n) is 33.1. The van der Waals surface area contributed by atoms with Crippen molar-refractivity contribution in [2.45, 2.75) is 160 Å². The van der Waals surface area contributed by atoms with Crippen LogP contribution in [0.5, 0.6) is 0 Å². The van der Waals surface area contributed by atoms with Gasteiger partial charge in [0.15, 0.2) is 0 Å². The van der Waals surface area contributed by atoms with Crippen molar-refractivity contribution in [2.75, 3.05) is 7.05 Å². The highest BCUT2D eigenvalue weighted by Gasteiger charge is 2.37. The Kier molecular flexibility index (Phi) is 17.3. The molecule has 1 aliphatic heterocycles. The average molecular weight is 733 g/mol. The van der Waals surface area contributed by atoms with Crippen LogP contribution >= 0.6 is 0 Å². The zero-order chi connectivity index (χ0) is 38.3. The summed E-state index contributed by atoms with van der Waals surface area (Å²) in [7, 11) is 1.83. The molecular weight excluding hydrogens is 665 g/mol. The third-order valence-electron chi connectivity index (χ3n) is 11.5. The van der Waals surface area contributed by atoms with E-state index in [2.05, 4.69) is 46.8 Å². The summed E-state index contributed by atoms with van der Waals surface area (Å²) in [5.41, 5.74) is 2.18. The number of rotatable bonds is 19. The van der Waals surface area contributed by atoms with Crippen LogP contribution in [0, 0.1) is 17.8 Å². The van der Waals surface area contributed by atoms with E-state index < -0.39 is 30.2 Å². The van der Waals surface area contributed by atoms with Crippen molar-refractivity contribution in [3.05, 3.63) is 71.8 Å². The Morgan fingerprint density at radius 1 is 0.849 bits per heavy atom. The molecule has 2 aliphatic rings. The molecule has 2 aromatic rings. The molecule has 0 spiro atoms. The van der Waals surface area contributed by atoms with E-state index in [0.29, 0.717) is 38.0 Å². The Morgan fingerprint density at radius 3 is 2.11 bits per heavy atom. The Hall–Kier alpha value is -3.27. The third-order valence-corrected chi connectivity index (χ3v) is 11.5. The smallest absolute Gasteiger partial charge is 0.242 e. The van der Waals surface area contributed by atoms with E-state index in [1.807, 2.05) is 64.2 Å². The number of aliphatic hydroxyl groups is 2. The first kappa shape index (κ1) is 42.5. The van der Waals surface area contributed by atoms with E-state index in [1.165, 1.54) is 12.0 Å². The Balaban J connectivity index is 1.50. The number of amides is 3. The Morgan fingerprint density at radius 2 is 1.49 bits per heavy atom. The van der Waals surface area contributed by atoms with Crippen molar-refractivity contribution in [3.8, 4) is 0 Å². The van der Waals surface area contributed by atoms with Gasteiger partial charge in [0, 0.05) is 25.6 Å². The molecule has 2 fully saturated rings. The largest absolute Gasteiger partial charge is 0.390 e. The number of nitrogens with one attached hydrogen (secondary N) is 2. The number of benzene rings is 2. The molecule has 1 saturated heterocycles. The van der Waals surface area contributed by atoms with Crippen LogP contribution in [0.25, 0.3) is 0 Å². The number of aliphatic hydroxyl groups excluding tert-OH is 2. The number of hydrogen-bond acceptors (Lipinski definition) is 6. The molecule has 1 heterocycles. The second kappa shape index (κ2) is 21.6. The molecule has 0 bridgehead atoms. The predicted molar refractivity (Wildman–Crippen MR) is 212 cm³/mol. The van der Waals surface area contributed by atoms with Crippen molar-refractivity contribution in [1.29, 1.82) is 0 Å². The Labute approximate surface area is 319 Å². The number of hydrogen-bond donors (Lipinski definition) is 4. The summed E-state index contributed by atoms with van der Waals surface area (Å²) in [4.78, 5) is 42.4. The maximum Gasteiger partial charge on any atom is 0.242 e. The molecule has 4 unspecified atom stereocenters. The second-order valence-electron chi connectivity index (χ2n) is 16.4. The molecule has 3 amide bonds. The topological polar surface area (TPSA) is 122 Å². The summed E-state index contributed by atoms with van der Waals surface area (Å²) in [6, 6.07) is 19.0. The van der Waals surface area contributed by atoms with E-state index >= 15 is 0 Å². The van der Waals surface area contributed by atoms with Gasteiger partial charge < -0.3 is 20.8 Å². The highest BCUT2D eigenvalue weighted by molar-refractivity contribution is 5.91. The normalized spacial score (nSPS) is 21.3. The minimum absolute atomic E-state index is 0.00336. The van der Waals surface area contributed by atoms with Gasteiger partial charge in [-0.1, -0.05) is 126 Å². The minimum Gasteiger partial charge on any atom is -0.390 e. The standard InChI is InChI=1S/C44H68N4O5/c1-6-17-38(44(53)46-39(29-35-23-14-9-15-24-35)42(51)40(49)26-31(2)3)45-43(52)36(27-33-19-10-7-11-20-33)30-41(50)47(5)48-32(4)18-16-25-37(48)28-34-21-12-8-13-22-34/h7-8,10-13,19-22,31-32,35-40,42,49,51H,6,9,14-18,23-30H2,1-5H3,(H,45,52)(H,46,53)/t32?,36?,37?,38?,39-,40-,42+/m0/s1. The first-order valence-electron chi connectivity index (χ1n) is 20.6. The third kappa shape index (κ3) is 13.2. The van der Waals surface area contributed by atoms with E-state index in [9.17, 15) is 24.6 Å². The average Bonchev–Trinajstić information content (AvgIpc) is 3.14. The van der Waals surface area contributed by atoms with Crippen LogP contribution in [-0.2, 0) is 27.2 Å². The molecule has 7 atom stereocenters. The summed E-state index contributed by atoms with van der Waals surface area (Å²) in [5.74, 6) is -0.954. The SMILES string of the molecule is CCCC(NC(=O)C(CC(=O)N(C)N1C(C)CCCC1Cc1ccccc1)Cc1ccccc1)C(=O)N[C@@H](CC1CCCCC1)[C@@H](O)[C@@H](O)CC(C)C. The molecule has 0 radical (unpaired) electrons. The lowest BCUT2D eigenvalue weighted by atomic mass is 9.82. The number of carbonyl (C=O) groups excluding carboxylic acids is 3. The summed E-state index contributed by atoms with van der Waals surface area (Å²) in [6.45, 7) is 8.15. The zero-order valence-corrected chi connectivity index (χ0v) is 33.1. The summed E-state index contributed by atoms with van der Waals surface area (Å²) in [6.07, 6.45) is 9.86. The maximum atomic E-state index is 14.2. The molecular formula is C44H68N4O5. The van der Waals surface area contributed by atoms with Crippen LogP contribution in [-0.4, -0.2) is 81.4 Å². The molecule has 1 aliphatic carbocycles. The van der Waals surface area contributed by atoms with Gasteiger partial charge in [0.2, 0.25) is 17.7 Å². The van der Waals surface area contributed by atoms with Gasteiger partial charge in [-0.25, -0.2) is 5.01 Å².